The number of hydrogen-bond donors (Lipinski definition) is 1. The maximum atomic E-state index is 13.1. The van der Waals surface area contributed by atoms with E-state index < -0.39 is 11.9 Å². The van der Waals surface area contributed by atoms with Crippen LogP contribution in [0.1, 0.15) is 13.3 Å². The molecule has 1 heterocycles. The average molecular weight is 405 g/mol. The first-order chi connectivity index (χ1) is 12.9. The van der Waals surface area contributed by atoms with E-state index in [1.54, 1.807) is 25.1 Å². The van der Waals surface area contributed by atoms with Gasteiger partial charge in [0.25, 0.3) is 0 Å². The third-order valence-electron chi connectivity index (χ3n) is 6.65. The lowest BCUT2D eigenvalue weighted by Gasteiger charge is -2.37. The number of amides is 3. The van der Waals surface area contributed by atoms with Gasteiger partial charge in [-0.15, -0.1) is 0 Å². The van der Waals surface area contributed by atoms with Crippen molar-refractivity contribution in [2.24, 2.45) is 35.5 Å². The molecule has 0 radical (unpaired) electrons. The summed E-state index contributed by atoms with van der Waals surface area (Å²) in [4.78, 5) is 40.0. The van der Waals surface area contributed by atoms with Gasteiger partial charge >= 0.3 is 0 Å². The van der Waals surface area contributed by atoms with Gasteiger partial charge in [0.1, 0.15) is 6.04 Å². The summed E-state index contributed by atoms with van der Waals surface area (Å²) in [6.45, 7) is 1.59. The molecule has 0 unspecified atom stereocenters. The lowest BCUT2D eigenvalue weighted by atomic mass is 9.63. The predicted octanol–water partition coefficient (Wildman–Crippen LogP) is 3.37. The maximum absolute atomic E-state index is 13.1. The molecule has 27 heavy (non-hydrogen) atoms. The molecule has 2 saturated carbocycles. The molecule has 7 heteroatoms. The zero-order valence-corrected chi connectivity index (χ0v) is 16.1. The molecule has 3 amide bonds. The van der Waals surface area contributed by atoms with Crippen molar-refractivity contribution in [1.82, 2.24) is 4.90 Å². The van der Waals surface area contributed by atoms with Crippen LogP contribution in [0.4, 0.5) is 5.69 Å². The van der Waals surface area contributed by atoms with Crippen LogP contribution in [0.3, 0.4) is 0 Å². The van der Waals surface area contributed by atoms with E-state index in [2.05, 4.69) is 17.5 Å². The number of nitrogens with zero attached hydrogens (tertiary/aromatic N) is 1. The SMILES string of the molecule is C[C@@H](C(=O)Nc1ccc(Cl)c(Cl)c1)N1C(=O)[C@H]2[C@@H]3C=C[C@H]([C@H]4C[C@H]34)[C@@H]2C1=O. The first-order valence-corrected chi connectivity index (χ1v) is 9.95. The van der Waals surface area contributed by atoms with Gasteiger partial charge in [0, 0.05) is 5.69 Å². The van der Waals surface area contributed by atoms with Gasteiger partial charge in [-0.05, 0) is 55.2 Å². The van der Waals surface area contributed by atoms with Crippen molar-refractivity contribution in [3.05, 3.63) is 40.4 Å². The molecule has 0 aromatic heterocycles. The number of hydrogen-bond acceptors (Lipinski definition) is 3. The largest absolute Gasteiger partial charge is 0.324 e. The van der Waals surface area contributed by atoms with Crippen molar-refractivity contribution in [2.75, 3.05) is 5.32 Å². The van der Waals surface area contributed by atoms with E-state index >= 15 is 0 Å². The number of carbonyl (C=O) groups excluding carboxylic acids is 3. The van der Waals surface area contributed by atoms with E-state index in [-0.39, 0.29) is 35.5 Å². The Labute approximate surface area is 166 Å². The zero-order chi connectivity index (χ0) is 19.0. The standard InChI is InChI=1S/C20H18Cl2N2O3/c1-8(18(25)23-9-2-5-14(21)15(22)6-9)24-19(26)16-10-3-4-11(13-7-12(10)13)17(16)20(24)27/h2-6,8,10-13,16-17H,7H2,1H3,(H,23,25)/t8-,10+,11+,12+,13+,16-,17-/m0/s1. The van der Waals surface area contributed by atoms with Crippen molar-refractivity contribution in [2.45, 2.75) is 19.4 Å². The third kappa shape index (κ3) is 2.41. The minimum absolute atomic E-state index is 0.150. The first-order valence-electron chi connectivity index (χ1n) is 9.19. The van der Waals surface area contributed by atoms with E-state index in [9.17, 15) is 14.4 Å². The summed E-state index contributed by atoms with van der Waals surface area (Å²) in [5, 5.41) is 3.43. The van der Waals surface area contributed by atoms with Crippen LogP contribution >= 0.6 is 23.2 Å². The molecule has 1 aliphatic heterocycles. The van der Waals surface area contributed by atoms with Crippen molar-refractivity contribution >= 4 is 46.6 Å². The van der Waals surface area contributed by atoms with Crippen LogP contribution in [-0.2, 0) is 14.4 Å². The second-order valence-corrected chi connectivity index (χ2v) is 8.81. The third-order valence-corrected chi connectivity index (χ3v) is 7.39. The second kappa shape index (κ2) is 5.82. The van der Waals surface area contributed by atoms with Crippen LogP contribution in [-0.4, -0.2) is 28.7 Å². The highest BCUT2D eigenvalue weighted by molar-refractivity contribution is 6.42. The van der Waals surface area contributed by atoms with Crippen LogP contribution in [0.25, 0.3) is 0 Å². The fourth-order valence-corrected chi connectivity index (χ4v) is 5.60. The Morgan fingerprint density at radius 3 is 2.22 bits per heavy atom. The predicted molar refractivity (Wildman–Crippen MR) is 101 cm³/mol. The van der Waals surface area contributed by atoms with Gasteiger partial charge in [0.15, 0.2) is 0 Å². The number of carbonyl (C=O) groups is 3. The van der Waals surface area contributed by atoms with Gasteiger partial charge in [-0.3, -0.25) is 19.3 Å². The second-order valence-electron chi connectivity index (χ2n) is 8.00. The summed E-state index contributed by atoms with van der Waals surface area (Å²) in [6, 6.07) is 3.88. The van der Waals surface area contributed by atoms with Crippen LogP contribution in [0.5, 0.6) is 0 Å². The van der Waals surface area contributed by atoms with Gasteiger partial charge in [-0.25, -0.2) is 0 Å². The number of likely N-dealkylation sites (tertiary alicyclic amines) is 1. The maximum Gasteiger partial charge on any atom is 0.247 e. The van der Waals surface area contributed by atoms with Gasteiger partial charge in [-0.2, -0.15) is 0 Å². The minimum atomic E-state index is -0.874. The summed E-state index contributed by atoms with van der Waals surface area (Å²) in [6.07, 6.45) is 5.35. The molecule has 2 bridgehead atoms. The van der Waals surface area contributed by atoms with Gasteiger partial charge < -0.3 is 5.32 Å². The Morgan fingerprint density at radius 1 is 1.07 bits per heavy atom. The molecular formula is C20H18Cl2N2O3. The average Bonchev–Trinajstić information content (AvgIpc) is 3.42. The van der Waals surface area contributed by atoms with E-state index in [0.717, 1.165) is 6.42 Å². The number of benzene rings is 1. The Bertz CT molecular complexity index is 878. The molecule has 5 aliphatic rings. The van der Waals surface area contributed by atoms with Crippen LogP contribution in [0.2, 0.25) is 10.0 Å². The van der Waals surface area contributed by atoms with Crippen LogP contribution < -0.4 is 5.32 Å². The van der Waals surface area contributed by atoms with Gasteiger partial charge in [0.2, 0.25) is 17.7 Å². The molecule has 1 N–H and O–H groups in total. The molecule has 7 atom stereocenters. The topological polar surface area (TPSA) is 66.5 Å². The highest BCUT2D eigenvalue weighted by Gasteiger charge is 2.67. The van der Waals surface area contributed by atoms with E-state index in [0.29, 0.717) is 27.6 Å². The summed E-state index contributed by atoms with van der Waals surface area (Å²) >= 11 is 11.9. The Kier molecular flexibility index (Phi) is 3.72. The van der Waals surface area contributed by atoms with Crippen molar-refractivity contribution in [1.29, 1.82) is 0 Å². The van der Waals surface area contributed by atoms with E-state index in [1.165, 1.54) is 4.90 Å². The Hall–Kier alpha value is -1.85. The van der Waals surface area contributed by atoms with Crippen LogP contribution in [0, 0.1) is 35.5 Å². The van der Waals surface area contributed by atoms with Gasteiger partial charge in [0.05, 0.1) is 21.9 Å². The Balaban J connectivity index is 1.37. The van der Waals surface area contributed by atoms with E-state index in [4.69, 9.17) is 23.2 Å². The molecule has 1 aromatic rings. The lowest BCUT2D eigenvalue weighted by molar-refractivity contribution is -0.146. The quantitative estimate of drug-likeness (QED) is 0.620. The highest BCUT2D eigenvalue weighted by Crippen LogP contribution is 2.65. The van der Waals surface area contributed by atoms with Crippen molar-refractivity contribution in [3.8, 4) is 0 Å². The smallest absolute Gasteiger partial charge is 0.247 e. The fourth-order valence-electron chi connectivity index (χ4n) is 5.30. The van der Waals surface area contributed by atoms with Crippen LogP contribution in [0.15, 0.2) is 30.4 Å². The monoisotopic (exact) mass is 404 g/mol. The minimum Gasteiger partial charge on any atom is -0.324 e. The molecule has 4 aliphatic carbocycles. The zero-order valence-electron chi connectivity index (χ0n) is 14.6. The summed E-state index contributed by atoms with van der Waals surface area (Å²) in [5.74, 6) is -0.0321. The molecule has 0 spiro atoms. The van der Waals surface area contributed by atoms with Gasteiger partial charge in [-0.1, -0.05) is 35.4 Å². The molecule has 140 valence electrons. The molecule has 3 fully saturated rings. The lowest BCUT2D eigenvalue weighted by Crippen LogP contribution is -2.46. The normalized spacial score (nSPS) is 36.5. The highest BCUT2D eigenvalue weighted by atomic mass is 35.5. The van der Waals surface area contributed by atoms with Crippen molar-refractivity contribution in [3.63, 3.8) is 0 Å². The first kappa shape index (κ1) is 17.3. The molecule has 5 nitrogen and oxygen atoms in total. The molecular weight excluding hydrogens is 387 g/mol. The summed E-state index contributed by atoms with van der Waals surface area (Å²) in [5.41, 5.74) is 0.473. The number of imide groups is 1. The summed E-state index contributed by atoms with van der Waals surface area (Å²) in [7, 11) is 0. The number of allylic oxidation sites excluding steroid dienone is 2. The Morgan fingerprint density at radius 2 is 1.67 bits per heavy atom. The van der Waals surface area contributed by atoms with Crippen molar-refractivity contribution < 1.29 is 14.4 Å². The van der Waals surface area contributed by atoms with E-state index in [1.807, 2.05) is 0 Å². The molecule has 1 saturated heterocycles. The number of rotatable bonds is 3. The fraction of sp³-hybridized carbons (Fsp3) is 0.450. The summed E-state index contributed by atoms with van der Waals surface area (Å²) < 4.78 is 0. The molecule has 6 rings (SSSR count). The molecule has 1 aromatic carbocycles. The number of halogens is 2. The number of nitrogens with one attached hydrogen (secondary N) is 1. The number of anilines is 1.